The van der Waals surface area contributed by atoms with Gasteiger partial charge >= 0.3 is 0 Å². The van der Waals surface area contributed by atoms with Crippen molar-refractivity contribution in [3.63, 3.8) is 0 Å². The van der Waals surface area contributed by atoms with Gasteiger partial charge in [-0.3, -0.25) is 4.90 Å². The lowest BCUT2D eigenvalue weighted by molar-refractivity contribution is 0.166. The highest BCUT2D eigenvalue weighted by Crippen LogP contribution is 2.35. The number of hydrogen-bond acceptors (Lipinski definition) is 3. The first-order valence-electron chi connectivity index (χ1n) is 7.05. The van der Waals surface area contributed by atoms with Crippen molar-refractivity contribution in [1.82, 2.24) is 10.2 Å². The number of ether oxygens (including phenoxy) is 1. The number of hydrogen-bond donors (Lipinski definition) is 1. The minimum atomic E-state index is -0.200. The van der Waals surface area contributed by atoms with Gasteiger partial charge in [0.15, 0.2) is 0 Å². The van der Waals surface area contributed by atoms with Gasteiger partial charge in [0.1, 0.15) is 11.6 Å². The Hall–Kier alpha value is -0.810. The van der Waals surface area contributed by atoms with Crippen LogP contribution in [0.5, 0.6) is 5.75 Å². The van der Waals surface area contributed by atoms with E-state index in [-0.39, 0.29) is 36.7 Å². The maximum atomic E-state index is 14.3. The van der Waals surface area contributed by atoms with E-state index in [1.54, 1.807) is 13.2 Å². The molecule has 0 unspecified atom stereocenters. The van der Waals surface area contributed by atoms with E-state index in [1.807, 2.05) is 13.0 Å². The number of nitrogens with one attached hydrogen (secondary N) is 1. The third kappa shape index (κ3) is 5.13. The van der Waals surface area contributed by atoms with Gasteiger partial charge in [0.25, 0.3) is 0 Å². The predicted molar refractivity (Wildman–Crippen MR) is 94.1 cm³/mol. The minimum Gasteiger partial charge on any atom is -0.496 e. The maximum Gasteiger partial charge on any atom is 0.131 e. The van der Waals surface area contributed by atoms with Gasteiger partial charge in [-0.05, 0) is 25.5 Å². The van der Waals surface area contributed by atoms with E-state index in [0.29, 0.717) is 11.3 Å². The Morgan fingerprint density at radius 2 is 2.00 bits per heavy atom. The zero-order valence-electron chi connectivity index (χ0n) is 13.1. The van der Waals surface area contributed by atoms with Gasteiger partial charge in [0.05, 0.1) is 7.11 Å². The maximum absolute atomic E-state index is 14.3. The zero-order chi connectivity index (χ0) is 14.5. The minimum absolute atomic E-state index is 0. The molecule has 1 aliphatic heterocycles. The van der Waals surface area contributed by atoms with Crippen LogP contribution < -0.4 is 10.1 Å². The normalized spacial score (nSPS) is 16.1. The molecule has 6 heteroatoms. The molecule has 0 spiro atoms. The highest BCUT2D eigenvalue weighted by Gasteiger charge is 2.27. The fraction of sp³-hybridized carbons (Fsp3) is 0.500. The number of halogens is 3. The SMILES string of the molecule is C=C(C)C[C@H](c1c(F)cccc1OC)N1CCNCC1.Cl.Cl. The van der Waals surface area contributed by atoms with Crippen LogP contribution in [0.15, 0.2) is 30.4 Å². The van der Waals surface area contributed by atoms with Crippen LogP contribution >= 0.6 is 24.8 Å². The van der Waals surface area contributed by atoms with E-state index in [2.05, 4.69) is 16.8 Å². The average molecular weight is 351 g/mol. The summed E-state index contributed by atoms with van der Waals surface area (Å²) in [6.45, 7) is 9.68. The zero-order valence-corrected chi connectivity index (χ0v) is 14.7. The number of piperazine rings is 1. The van der Waals surface area contributed by atoms with E-state index >= 15 is 0 Å². The van der Waals surface area contributed by atoms with Crippen molar-refractivity contribution in [3.05, 3.63) is 41.7 Å². The smallest absolute Gasteiger partial charge is 0.131 e. The Morgan fingerprint density at radius 1 is 1.36 bits per heavy atom. The van der Waals surface area contributed by atoms with Crippen LogP contribution in [0.25, 0.3) is 0 Å². The molecule has 1 aromatic rings. The fourth-order valence-corrected chi connectivity index (χ4v) is 2.76. The van der Waals surface area contributed by atoms with E-state index < -0.39 is 0 Å². The fourth-order valence-electron chi connectivity index (χ4n) is 2.76. The quantitative estimate of drug-likeness (QED) is 0.821. The molecule has 3 nitrogen and oxygen atoms in total. The van der Waals surface area contributed by atoms with Crippen LogP contribution in [-0.2, 0) is 0 Å². The van der Waals surface area contributed by atoms with Crippen molar-refractivity contribution in [2.75, 3.05) is 33.3 Å². The van der Waals surface area contributed by atoms with Crippen LogP contribution in [0, 0.1) is 5.82 Å². The summed E-state index contributed by atoms with van der Waals surface area (Å²) in [5.41, 5.74) is 1.71. The average Bonchev–Trinajstić information content (AvgIpc) is 2.45. The molecular formula is C16H25Cl2FN2O. The van der Waals surface area contributed by atoms with Gasteiger partial charge in [-0.1, -0.05) is 11.6 Å². The highest BCUT2D eigenvalue weighted by molar-refractivity contribution is 5.85. The Labute approximate surface area is 144 Å². The van der Waals surface area contributed by atoms with Gasteiger partial charge in [-0.15, -0.1) is 31.4 Å². The number of methoxy groups -OCH3 is 1. The first kappa shape index (κ1) is 21.2. The van der Waals surface area contributed by atoms with Gasteiger partial charge in [0, 0.05) is 37.8 Å². The molecule has 0 saturated carbocycles. The summed E-state index contributed by atoms with van der Waals surface area (Å²) >= 11 is 0. The summed E-state index contributed by atoms with van der Waals surface area (Å²) in [6, 6.07) is 5.01. The van der Waals surface area contributed by atoms with Crippen molar-refractivity contribution in [2.24, 2.45) is 0 Å². The van der Waals surface area contributed by atoms with E-state index in [4.69, 9.17) is 4.74 Å². The largest absolute Gasteiger partial charge is 0.496 e. The summed E-state index contributed by atoms with van der Waals surface area (Å²) in [4.78, 5) is 2.31. The summed E-state index contributed by atoms with van der Waals surface area (Å²) in [7, 11) is 1.59. The van der Waals surface area contributed by atoms with E-state index in [9.17, 15) is 4.39 Å². The van der Waals surface area contributed by atoms with Crippen LogP contribution in [0.4, 0.5) is 4.39 Å². The first-order valence-corrected chi connectivity index (χ1v) is 7.05. The third-order valence-corrected chi connectivity index (χ3v) is 3.70. The van der Waals surface area contributed by atoms with Crippen molar-refractivity contribution in [3.8, 4) is 5.75 Å². The molecule has 1 atom stereocenters. The molecule has 1 saturated heterocycles. The number of nitrogens with zero attached hydrogens (tertiary/aromatic N) is 1. The predicted octanol–water partition coefficient (Wildman–Crippen LogP) is 3.59. The molecular weight excluding hydrogens is 326 g/mol. The number of rotatable bonds is 5. The van der Waals surface area contributed by atoms with Gasteiger partial charge in [-0.2, -0.15) is 0 Å². The third-order valence-electron chi connectivity index (χ3n) is 3.70. The summed E-state index contributed by atoms with van der Waals surface area (Å²) in [5, 5.41) is 3.33. The van der Waals surface area contributed by atoms with Gasteiger partial charge in [-0.25, -0.2) is 4.39 Å². The second-order valence-electron chi connectivity index (χ2n) is 5.32. The monoisotopic (exact) mass is 350 g/mol. The Morgan fingerprint density at radius 3 is 2.55 bits per heavy atom. The molecule has 1 N–H and O–H groups in total. The molecule has 1 aromatic carbocycles. The summed E-state index contributed by atoms with van der Waals surface area (Å²) < 4.78 is 19.7. The van der Waals surface area contributed by atoms with Crippen molar-refractivity contribution in [1.29, 1.82) is 0 Å². The molecule has 0 aliphatic carbocycles. The summed E-state index contributed by atoms with van der Waals surface area (Å²) in [6.07, 6.45) is 0.747. The molecule has 1 heterocycles. The number of benzene rings is 1. The second-order valence-corrected chi connectivity index (χ2v) is 5.32. The molecule has 0 aromatic heterocycles. The van der Waals surface area contributed by atoms with Crippen LogP contribution in [0.3, 0.4) is 0 Å². The van der Waals surface area contributed by atoms with Crippen LogP contribution in [0.2, 0.25) is 0 Å². The standard InChI is InChI=1S/C16H23FN2O.2ClH/c1-12(2)11-14(19-9-7-18-8-10-19)16-13(17)5-4-6-15(16)20-3;;/h4-6,14,18H,1,7-11H2,2-3H3;2*1H/t14-;;/m1../s1. The van der Waals surface area contributed by atoms with E-state index in [0.717, 1.165) is 38.2 Å². The van der Waals surface area contributed by atoms with Crippen molar-refractivity contribution in [2.45, 2.75) is 19.4 Å². The Bertz CT molecular complexity index is 479. The van der Waals surface area contributed by atoms with Crippen LogP contribution in [-0.4, -0.2) is 38.2 Å². The van der Waals surface area contributed by atoms with Gasteiger partial charge < -0.3 is 10.1 Å². The molecule has 22 heavy (non-hydrogen) atoms. The Kier molecular flexibility index (Phi) is 9.69. The molecule has 1 fully saturated rings. The molecule has 2 rings (SSSR count). The molecule has 126 valence electrons. The van der Waals surface area contributed by atoms with Crippen molar-refractivity contribution < 1.29 is 9.13 Å². The Balaban J connectivity index is 0.00000220. The highest BCUT2D eigenvalue weighted by atomic mass is 35.5. The lowest BCUT2D eigenvalue weighted by Gasteiger charge is -2.36. The first-order chi connectivity index (χ1) is 9.63. The lowest BCUT2D eigenvalue weighted by Crippen LogP contribution is -2.45. The molecule has 1 aliphatic rings. The molecule has 0 amide bonds. The lowest BCUT2D eigenvalue weighted by atomic mass is 9.96. The molecule has 0 radical (unpaired) electrons. The van der Waals surface area contributed by atoms with Crippen molar-refractivity contribution >= 4 is 24.8 Å². The molecule has 0 bridgehead atoms. The summed E-state index contributed by atoms with van der Waals surface area (Å²) in [5.74, 6) is 0.420. The second kappa shape index (κ2) is 10.1. The van der Waals surface area contributed by atoms with Gasteiger partial charge in [0.2, 0.25) is 0 Å². The van der Waals surface area contributed by atoms with Crippen LogP contribution in [0.1, 0.15) is 24.9 Å². The topological polar surface area (TPSA) is 24.5 Å². The van der Waals surface area contributed by atoms with E-state index in [1.165, 1.54) is 6.07 Å².